The molecule has 172 valence electrons. The van der Waals surface area contributed by atoms with E-state index in [4.69, 9.17) is 33.7 Å². The Morgan fingerprint density at radius 2 is 1.85 bits per heavy atom. The van der Waals surface area contributed by atoms with Gasteiger partial charge in [-0.15, -0.1) is 0 Å². The lowest BCUT2D eigenvalue weighted by molar-refractivity contribution is -0.142. The Morgan fingerprint density at radius 1 is 1.15 bits per heavy atom. The minimum Gasteiger partial charge on any atom is -0.467 e. The zero-order valence-electron chi connectivity index (χ0n) is 18.1. The van der Waals surface area contributed by atoms with Gasteiger partial charge in [0, 0.05) is 31.8 Å². The van der Waals surface area contributed by atoms with Gasteiger partial charge < -0.3 is 20.4 Å². The van der Waals surface area contributed by atoms with Gasteiger partial charge in [-0.3, -0.25) is 9.59 Å². The van der Waals surface area contributed by atoms with E-state index in [1.165, 1.54) is 11.7 Å². The van der Waals surface area contributed by atoms with Crippen LogP contribution < -0.4 is 16.6 Å². The molecule has 1 heterocycles. The summed E-state index contributed by atoms with van der Waals surface area (Å²) in [6.07, 6.45) is 1.72. The fourth-order valence-corrected chi connectivity index (χ4v) is 4.03. The lowest BCUT2D eigenvalue weighted by Crippen LogP contribution is -2.43. The van der Waals surface area contributed by atoms with Crippen LogP contribution >= 0.6 is 23.2 Å². The first-order valence-corrected chi connectivity index (χ1v) is 10.8. The SMILES string of the molecule is COC(=O)[C@H](Cc1ccc(-c2cc(Cl)cn(C)c2=O)cc1)NC(=O)c1c(Cl)cccc1CN. The summed E-state index contributed by atoms with van der Waals surface area (Å²) in [7, 11) is 2.88. The highest BCUT2D eigenvalue weighted by atomic mass is 35.5. The molecular weight excluding hydrogens is 465 g/mol. The highest BCUT2D eigenvalue weighted by Gasteiger charge is 2.25. The summed E-state index contributed by atoms with van der Waals surface area (Å²) in [5, 5.41) is 3.38. The molecule has 2 aromatic carbocycles. The number of aryl methyl sites for hydroxylation is 1. The molecule has 1 atom stereocenters. The van der Waals surface area contributed by atoms with E-state index in [0.717, 1.165) is 5.56 Å². The molecule has 33 heavy (non-hydrogen) atoms. The first kappa shape index (κ1) is 24.5. The molecule has 0 saturated carbocycles. The Morgan fingerprint density at radius 3 is 2.48 bits per heavy atom. The Labute approximate surface area is 201 Å². The van der Waals surface area contributed by atoms with Gasteiger partial charge in [0.05, 0.1) is 22.7 Å². The molecule has 3 N–H and O–H groups in total. The Kier molecular flexibility index (Phi) is 7.92. The molecule has 1 amide bonds. The van der Waals surface area contributed by atoms with Gasteiger partial charge in [-0.05, 0) is 28.8 Å². The van der Waals surface area contributed by atoms with E-state index in [1.807, 2.05) is 0 Å². The highest BCUT2D eigenvalue weighted by molar-refractivity contribution is 6.34. The molecule has 0 spiro atoms. The number of methoxy groups -OCH3 is 1. The number of rotatable bonds is 7. The zero-order valence-corrected chi connectivity index (χ0v) is 19.6. The summed E-state index contributed by atoms with van der Waals surface area (Å²) < 4.78 is 6.29. The van der Waals surface area contributed by atoms with Crippen LogP contribution in [-0.4, -0.2) is 29.6 Å². The third-order valence-corrected chi connectivity index (χ3v) is 5.71. The van der Waals surface area contributed by atoms with E-state index in [9.17, 15) is 14.4 Å². The Hall–Kier alpha value is -3.13. The van der Waals surface area contributed by atoms with Crippen LogP contribution in [0.3, 0.4) is 0 Å². The second-order valence-electron chi connectivity index (χ2n) is 7.42. The molecule has 0 saturated heterocycles. The number of halogens is 2. The van der Waals surface area contributed by atoms with Crippen molar-refractivity contribution in [3.63, 3.8) is 0 Å². The quantitative estimate of drug-likeness (QED) is 0.497. The Bertz CT molecular complexity index is 1240. The monoisotopic (exact) mass is 487 g/mol. The van der Waals surface area contributed by atoms with Crippen molar-refractivity contribution in [3.8, 4) is 11.1 Å². The third kappa shape index (κ3) is 5.63. The zero-order chi connectivity index (χ0) is 24.1. The highest BCUT2D eigenvalue weighted by Crippen LogP contribution is 2.22. The van der Waals surface area contributed by atoms with Crippen LogP contribution in [0, 0.1) is 0 Å². The Balaban J connectivity index is 1.84. The van der Waals surface area contributed by atoms with Gasteiger partial charge in [-0.1, -0.05) is 59.6 Å². The molecule has 1 aromatic heterocycles. The van der Waals surface area contributed by atoms with E-state index < -0.39 is 17.9 Å². The molecule has 9 heteroatoms. The molecule has 0 unspecified atom stereocenters. The summed E-state index contributed by atoms with van der Waals surface area (Å²) in [5.41, 5.74) is 8.24. The molecule has 0 bridgehead atoms. The maximum atomic E-state index is 12.9. The van der Waals surface area contributed by atoms with Gasteiger partial charge in [-0.25, -0.2) is 4.79 Å². The number of esters is 1. The van der Waals surface area contributed by atoms with Crippen molar-refractivity contribution in [2.75, 3.05) is 7.11 Å². The largest absolute Gasteiger partial charge is 0.467 e. The summed E-state index contributed by atoms with van der Waals surface area (Å²) in [4.78, 5) is 37.7. The number of pyridine rings is 1. The van der Waals surface area contributed by atoms with Crippen molar-refractivity contribution in [2.24, 2.45) is 12.8 Å². The predicted octanol–water partition coefficient (Wildman–Crippen LogP) is 3.33. The number of hydrogen-bond acceptors (Lipinski definition) is 5. The number of aromatic nitrogens is 1. The molecule has 3 aromatic rings. The van der Waals surface area contributed by atoms with E-state index >= 15 is 0 Å². The fraction of sp³-hybridized carbons (Fsp3) is 0.208. The summed E-state index contributed by atoms with van der Waals surface area (Å²) in [6.45, 7) is 0.122. The first-order chi connectivity index (χ1) is 15.7. The average molecular weight is 488 g/mol. The van der Waals surface area contributed by atoms with Crippen LogP contribution in [0.25, 0.3) is 11.1 Å². The number of nitrogens with two attached hydrogens (primary N) is 1. The second-order valence-corrected chi connectivity index (χ2v) is 8.26. The number of nitrogens with zero attached hydrogens (tertiary/aromatic N) is 1. The smallest absolute Gasteiger partial charge is 0.328 e. The van der Waals surface area contributed by atoms with Crippen LogP contribution in [0.5, 0.6) is 0 Å². The van der Waals surface area contributed by atoms with Crippen molar-refractivity contribution in [2.45, 2.75) is 19.0 Å². The van der Waals surface area contributed by atoms with Gasteiger partial charge in [0.15, 0.2) is 0 Å². The first-order valence-electron chi connectivity index (χ1n) is 10.1. The van der Waals surface area contributed by atoms with Crippen molar-refractivity contribution < 1.29 is 14.3 Å². The van der Waals surface area contributed by atoms with Crippen LogP contribution in [0.4, 0.5) is 0 Å². The molecule has 0 aliphatic carbocycles. The molecule has 0 radical (unpaired) electrons. The summed E-state index contributed by atoms with van der Waals surface area (Å²) in [6, 6.07) is 12.7. The molecule has 0 aliphatic heterocycles. The number of hydrogen-bond donors (Lipinski definition) is 2. The fourth-order valence-electron chi connectivity index (χ4n) is 3.49. The second kappa shape index (κ2) is 10.7. The normalized spacial score (nSPS) is 11.7. The van der Waals surface area contributed by atoms with Crippen molar-refractivity contribution in [3.05, 3.63) is 91.8 Å². The lowest BCUT2D eigenvalue weighted by atomic mass is 10.0. The minimum atomic E-state index is -0.950. The van der Waals surface area contributed by atoms with Crippen LogP contribution in [-0.2, 0) is 29.5 Å². The van der Waals surface area contributed by atoms with Gasteiger partial charge in [0.2, 0.25) is 0 Å². The van der Waals surface area contributed by atoms with E-state index in [1.54, 1.807) is 61.8 Å². The number of ether oxygens (including phenoxy) is 1. The number of benzene rings is 2. The third-order valence-electron chi connectivity index (χ3n) is 5.19. The van der Waals surface area contributed by atoms with Gasteiger partial charge in [0.25, 0.3) is 11.5 Å². The van der Waals surface area contributed by atoms with E-state index in [2.05, 4.69) is 5.32 Å². The lowest BCUT2D eigenvalue weighted by Gasteiger charge is -2.18. The number of nitrogens with one attached hydrogen (secondary N) is 1. The van der Waals surface area contributed by atoms with Gasteiger partial charge >= 0.3 is 5.97 Å². The van der Waals surface area contributed by atoms with Gasteiger partial charge in [0.1, 0.15) is 6.04 Å². The predicted molar refractivity (Wildman–Crippen MR) is 128 cm³/mol. The van der Waals surface area contributed by atoms with Crippen LogP contribution in [0.2, 0.25) is 10.0 Å². The molecule has 0 aliphatic rings. The van der Waals surface area contributed by atoms with Crippen molar-refractivity contribution in [1.29, 1.82) is 0 Å². The molecule has 3 rings (SSSR count). The number of amides is 1. The van der Waals surface area contributed by atoms with E-state index in [-0.39, 0.29) is 29.1 Å². The topological polar surface area (TPSA) is 103 Å². The van der Waals surface area contributed by atoms with Gasteiger partial charge in [-0.2, -0.15) is 0 Å². The maximum absolute atomic E-state index is 12.9. The average Bonchev–Trinajstić information content (AvgIpc) is 2.80. The summed E-state index contributed by atoms with van der Waals surface area (Å²) >= 11 is 12.3. The molecule has 7 nitrogen and oxygen atoms in total. The number of carbonyl (C=O) groups is 2. The van der Waals surface area contributed by atoms with Crippen molar-refractivity contribution in [1.82, 2.24) is 9.88 Å². The minimum absolute atomic E-state index is 0.122. The summed E-state index contributed by atoms with van der Waals surface area (Å²) in [5.74, 6) is -1.12. The standard InChI is InChI=1S/C24H23Cl2N3O4/c1-29-13-17(25)11-18(23(29)31)15-8-6-14(7-9-15)10-20(24(32)33-2)28-22(30)21-16(12-27)4-3-5-19(21)26/h3-9,11,13,20H,10,12,27H2,1-2H3,(H,28,30)/t20-/m0/s1. The van der Waals surface area contributed by atoms with Crippen molar-refractivity contribution >= 4 is 35.1 Å². The van der Waals surface area contributed by atoms with Crippen LogP contribution in [0.1, 0.15) is 21.5 Å². The maximum Gasteiger partial charge on any atom is 0.328 e. The molecular formula is C24H23Cl2N3O4. The van der Waals surface area contributed by atoms with Crippen LogP contribution in [0.15, 0.2) is 59.5 Å². The van der Waals surface area contributed by atoms with E-state index in [0.29, 0.717) is 21.7 Å². The number of carbonyl (C=O) groups excluding carboxylic acids is 2. The molecule has 0 fully saturated rings.